The third-order valence-corrected chi connectivity index (χ3v) is 4.01. The Balaban J connectivity index is 1.65. The highest BCUT2D eigenvalue weighted by atomic mass is 14.9. The summed E-state index contributed by atoms with van der Waals surface area (Å²) in [5, 5.41) is 3.86. The first-order valence-electron chi connectivity index (χ1n) is 7.10. The number of hydrogen-bond acceptors (Lipinski definition) is 1. The van der Waals surface area contributed by atoms with E-state index in [2.05, 4.69) is 12.2 Å². The molecule has 0 amide bonds. The molecule has 0 aromatic carbocycles. The second-order valence-corrected chi connectivity index (χ2v) is 5.79. The highest BCUT2D eigenvalue weighted by molar-refractivity contribution is 4.80. The predicted molar refractivity (Wildman–Crippen MR) is 66.0 cm³/mol. The van der Waals surface area contributed by atoms with Gasteiger partial charge in [-0.15, -0.1) is 0 Å². The van der Waals surface area contributed by atoms with Crippen LogP contribution in [0.4, 0.5) is 0 Å². The molecule has 0 aliphatic heterocycles. The van der Waals surface area contributed by atoms with Crippen LogP contribution in [0.5, 0.6) is 0 Å². The molecule has 2 fully saturated rings. The van der Waals surface area contributed by atoms with Gasteiger partial charge >= 0.3 is 0 Å². The second kappa shape index (κ2) is 5.89. The van der Waals surface area contributed by atoms with Crippen LogP contribution < -0.4 is 5.32 Å². The molecular formula is C14H27N. The molecule has 1 heteroatoms. The zero-order valence-corrected chi connectivity index (χ0v) is 10.3. The van der Waals surface area contributed by atoms with E-state index in [1.807, 2.05) is 0 Å². The summed E-state index contributed by atoms with van der Waals surface area (Å²) in [5.41, 5.74) is 0. The maximum Gasteiger partial charge on any atom is 0.00695 e. The number of nitrogens with one attached hydrogen (secondary N) is 1. The van der Waals surface area contributed by atoms with E-state index < -0.39 is 0 Å². The van der Waals surface area contributed by atoms with Crippen LogP contribution in [0.1, 0.15) is 71.1 Å². The third kappa shape index (κ3) is 4.55. The first-order chi connectivity index (χ1) is 7.34. The van der Waals surface area contributed by atoms with Crippen LogP contribution in [-0.2, 0) is 0 Å². The van der Waals surface area contributed by atoms with E-state index in [1.54, 1.807) is 0 Å². The highest BCUT2D eigenvalue weighted by Gasteiger charge is 2.24. The van der Waals surface area contributed by atoms with E-state index in [0.717, 1.165) is 18.0 Å². The summed E-state index contributed by atoms with van der Waals surface area (Å²) in [6.07, 6.45) is 14.6. The van der Waals surface area contributed by atoms with Gasteiger partial charge in [0.25, 0.3) is 0 Å². The molecule has 2 aliphatic rings. The summed E-state index contributed by atoms with van der Waals surface area (Å²) in [6.45, 7) is 2.39. The molecular weight excluding hydrogens is 182 g/mol. The van der Waals surface area contributed by atoms with E-state index in [0.29, 0.717) is 0 Å². The monoisotopic (exact) mass is 209 g/mol. The van der Waals surface area contributed by atoms with Gasteiger partial charge in [0, 0.05) is 12.1 Å². The van der Waals surface area contributed by atoms with Crippen molar-refractivity contribution in [3.63, 3.8) is 0 Å². The lowest BCUT2D eigenvalue weighted by molar-refractivity contribution is 0.345. The fraction of sp³-hybridized carbons (Fsp3) is 1.00. The second-order valence-electron chi connectivity index (χ2n) is 5.79. The lowest BCUT2D eigenvalue weighted by atomic mass is 9.96. The van der Waals surface area contributed by atoms with Gasteiger partial charge in [0.05, 0.1) is 0 Å². The van der Waals surface area contributed by atoms with Gasteiger partial charge in [-0.3, -0.25) is 0 Å². The van der Waals surface area contributed by atoms with E-state index in [-0.39, 0.29) is 0 Å². The molecule has 2 aliphatic carbocycles. The summed E-state index contributed by atoms with van der Waals surface area (Å²) in [4.78, 5) is 0. The molecule has 0 aromatic rings. The van der Waals surface area contributed by atoms with Crippen LogP contribution in [0.2, 0.25) is 0 Å². The quantitative estimate of drug-likeness (QED) is 0.741. The van der Waals surface area contributed by atoms with E-state index >= 15 is 0 Å². The SMILES string of the molecule is CC(CC1CC1)NC1CCCCCCC1. The van der Waals surface area contributed by atoms with E-state index in [1.165, 1.54) is 64.2 Å². The maximum absolute atomic E-state index is 3.86. The molecule has 1 nitrogen and oxygen atoms in total. The first kappa shape index (κ1) is 11.4. The lowest BCUT2D eigenvalue weighted by Crippen LogP contribution is -2.37. The normalized spacial score (nSPS) is 27.0. The zero-order valence-electron chi connectivity index (χ0n) is 10.3. The van der Waals surface area contributed by atoms with Crippen molar-refractivity contribution in [2.45, 2.75) is 83.2 Å². The number of hydrogen-bond donors (Lipinski definition) is 1. The summed E-state index contributed by atoms with van der Waals surface area (Å²) < 4.78 is 0. The Morgan fingerprint density at radius 1 is 0.933 bits per heavy atom. The average molecular weight is 209 g/mol. The standard InChI is InChI=1S/C14H27N/c1-12(11-13-9-10-13)15-14-7-5-3-2-4-6-8-14/h12-15H,2-11H2,1H3. The molecule has 2 saturated carbocycles. The fourth-order valence-corrected chi connectivity index (χ4v) is 2.95. The molecule has 1 unspecified atom stereocenters. The van der Waals surface area contributed by atoms with Crippen molar-refractivity contribution in [1.29, 1.82) is 0 Å². The summed E-state index contributed by atoms with van der Waals surface area (Å²) in [5.74, 6) is 1.07. The van der Waals surface area contributed by atoms with Crippen molar-refractivity contribution < 1.29 is 0 Å². The van der Waals surface area contributed by atoms with Crippen LogP contribution >= 0.6 is 0 Å². The molecule has 1 atom stereocenters. The van der Waals surface area contributed by atoms with Crippen LogP contribution in [0, 0.1) is 5.92 Å². The number of rotatable bonds is 4. The Morgan fingerprint density at radius 3 is 2.13 bits per heavy atom. The average Bonchev–Trinajstić information content (AvgIpc) is 2.93. The third-order valence-electron chi connectivity index (χ3n) is 4.01. The van der Waals surface area contributed by atoms with Crippen LogP contribution in [0.15, 0.2) is 0 Å². The Morgan fingerprint density at radius 2 is 1.53 bits per heavy atom. The molecule has 1 N–H and O–H groups in total. The minimum Gasteiger partial charge on any atom is -0.311 e. The molecule has 15 heavy (non-hydrogen) atoms. The zero-order chi connectivity index (χ0) is 10.5. The van der Waals surface area contributed by atoms with Gasteiger partial charge in [-0.2, -0.15) is 0 Å². The van der Waals surface area contributed by atoms with Crippen LogP contribution in [0.3, 0.4) is 0 Å². The largest absolute Gasteiger partial charge is 0.311 e. The highest BCUT2D eigenvalue weighted by Crippen LogP contribution is 2.33. The molecule has 2 rings (SSSR count). The minimum atomic E-state index is 0.766. The molecule has 0 aromatic heterocycles. The van der Waals surface area contributed by atoms with Gasteiger partial charge in [0.1, 0.15) is 0 Å². The van der Waals surface area contributed by atoms with Gasteiger partial charge in [0.2, 0.25) is 0 Å². The molecule has 0 spiro atoms. The minimum absolute atomic E-state index is 0.766. The van der Waals surface area contributed by atoms with Gasteiger partial charge in [0.15, 0.2) is 0 Å². The fourth-order valence-electron chi connectivity index (χ4n) is 2.95. The Labute approximate surface area is 95.0 Å². The summed E-state index contributed by atoms with van der Waals surface area (Å²) >= 11 is 0. The van der Waals surface area contributed by atoms with Crippen molar-refractivity contribution in [3.8, 4) is 0 Å². The summed E-state index contributed by atoms with van der Waals surface area (Å²) in [7, 11) is 0. The molecule has 0 radical (unpaired) electrons. The predicted octanol–water partition coefficient (Wildman–Crippen LogP) is 3.88. The Bertz CT molecular complexity index is 166. The van der Waals surface area contributed by atoms with Gasteiger partial charge in [-0.05, 0) is 32.1 Å². The maximum atomic E-state index is 3.86. The lowest BCUT2D eigenvalue weighted by Gasteiger charge is -2.25. The van der Waals surface area contributed by atoms with E-state index in [9.17, 15) is 0 Å². The van der Waals surface area contributed by atoms with Crippen molar-refractivity contribution >= 4 is 0 Å². The van der Waals surface area contributed by atoms with Crippen LogP contribution in [0.25, 0.3) is 0 Å². The van der Waals surface area contributed by atoms with Gasteiger partial charge < -0.3 is 5.32 Å². The van der Waals surface area contributed by atoms with Crippen molar-refractivity contribution in [1.82, 2.24) is 5.32 Å². The van der Waals surface area contributed by atoms with Gasteiger partial charge in [-0.1, -0.05) is 44.9 Å². The first-order valence-corrected chi connectivity index (χ1v) is 7.10. The molecule has 88 valence electrons. The Kier molecular flexibility index (Phi) is 4.49. The van der Waals surface area contributed by atoms with Crippen molar-refractivity contribution in [2.24, 2.45) is 5.92 Å². The van der Waals surface area contributed by atoms with Gasteiger partial charge in [-0.25, -0.2) is 0 Å². The molecule has 0 bridgehead atoms. The van der Waals surface area contributed by atoms with Crippen molar-refractivity contribution in [2.75, 3.05) is 0 Å². The van der Waals surface area contributed by atoms with Crippen LogP contribution in [-0.4, -0.2) is 12.1 Å². The molecule has 0 heterocycles. The van der Waals surface area contributed by atoms with E-state index in [4.69, 9.17) is 0 Å². The summed E-state index contributed by atoms with van der Waals surface area (Å²) in [6, 6.07) is 1.60. The molecule has 0 saturated heterocycles. The van der Waals surface area contributed by atoms with Crippen molar-refractivity contribution in [3.05, 3.63) is 0 Å². The smallest absolute Gasteiger partial charge is 0.00695 e. The Hall–Kier alpha value is -0.0400. The topological polar surface area (TPSA) is 12.0 Å².